The van der Waals surface area contributed by atoms with E-state index in [0.29, 0.717) is 5.75 Å². The third-order valence-electron chi connectivity index (χ3n) is 4.25. The van der Waals surface area contributed by atoms with Crippen LogP contribution in [0.1, 0.15) is 13.3 Å². The summed E-state index contributed by atoms with van der Waals surface area (Å²) >= 11 is 0. The summed E-state index contributed by atoms with van der Waals surface area (Å²) in [6, 6.07) is 29.2. The third-order valence-corrected chi connectivity index (χ3v) is 8.92. The van der Waals surface area contributed by atoms with Crippen LogP contribution in [0, 0.1) is 0 Å². The number of para-hydroxylation sites is 1. The SMILES string of the molecule is CCC[P+](c1ccccc1)(c1ccccc1)c1ccccc1O. The molecule has 2 heteroatoms. The Labute approximate surface area is 139 Å². The van der Waals surface area contributed by atoms with Crippen molar-refractivity contribution in [3.63, 3.8) is 0 Å². The summed E-state index contributed by atoms with van der Waals surface area (Å²) in [4.78, 5) is 0. The standard InChI is InChI=1S/C21H21OP/c1-2-17-23(18-11-5-3-6-12-18,19-13-7-4-8-14-19)21-16-10-9-15-20(21)22/h3-16H,2,17H2,1H3/p+1. The average molecular weight is 321 g/mol. The van der Waals surface area contributed by atoms with Crippen LogP contribution in [0.25, 0.3) is 0 Å². The molecular weight excluding hydrogens is 299 g/mol. The van der Waals surface area contributed by atoms with Crippen molar-refractivity contribution in [1.82, 2.24) is 0 Å². The first-order valence-electron chi connectivity index (χ1n) is 8.07. The van der Waals surface area contributed by atoms with Crippen molar-refractivity contribution in [2.24, 2.45) is 0 Å². The van der Waals surface area contributed by atoms with Crippen LogP contribution in [0.2, 0.25) is 0 Å². The minimum Gasteiger partial charge on any atom is -0.504 e. The molecule has 0 aliphatic rings. The smallest absolute Gasteiger partial charge is 0.158 e. The molecule has 0 aliphatic carbocycles. The molecule has 0 aliphatic heterocycles. The molecule has 1 nitrogen and oxygen atoms in total. The van der Waals surface area contributed by atoms with Gasteiger partial charge in [-0.3, -0.25) is 0 Å². The van der Waals surface area contributed by atoms with Gasteiger partial charge in [0.15, 0.2) is 5.75 Å². The molecule has 0 radical (unpaired) electrons. The maximum atomic E-state index is 10.6. The highest BCUT2D eigenvalue weighted by atomic mass is 31.2. The van der Waals surface area contributed by atoms with Crippen LogP contribution in [-0.2, 0) is 0 Å². The molecule has 1 N–H and O–H groups in total. The van der Waals surface area contributed by atoms with Crippen molar-refractivity contribution in [3.05, 3.63) is 84.9 Å². The van der Waals surface area contributed by atoms with E-state index in [1.807, 2.05) is 18.2 Å². The van der Waals surface area contributed by atoms with Gasteiger partial charge in [-0.1, -0.05) is 55.5 Å². The summed E-state index contributed by atoms with van der Waals surface area (Å²) < 4.78 is 0. The first-order valence-corrected chi connectivity index (χ1v) is 10.0. The molecule has 0 saturated heterocycles. The fourth-order valence-corrected chi connectivity index (χ4v) is 7.74. The fraction of sp³-hybridized carbons (Fsp3) is 0.143. The molecule has 0 heterocycles. The van der Waals surface area contributed by atoms with Crippen molar-refractivity contribution in [2.75, 3.05) is 6.16 Å². The number of hydrogen-bond acceptors (Lipinski definition) is 1. The second-order valence-electron chi connectivity index (χ2n) is 5.69. The number of phenolic OH excluding ortho intramolecular Hbond substituents is 1. The molecule has 3 aromatic rings. The minimum absolute atomic E-state index is 0.405. The van der Waals surface area contributed by atoms with Gasteiger partial charge in [0.25, 0.3) is 0 Å². The van der Waals surface area contributed by atoms with Crippen LogP contribution in [-0.4, -0.2) is 11.3 Å². The molecule has 0 fully saturated rings. The minimum atomic E-state index is -1.84. The Morgan fingerprint density at radius 3 is 1.65 bits per heavy atom. The van der Waals surface area contributed by atoms with Crippen LogP contribution in [0.5, 0.6) is 5.75 Å². The van der Waals surface area contributed by atoms with Crippen LogP contribution < -0.4 is 15.9 Å². The number of rotatable bonds is 5. The Morgan fingerprint density at radius 2 is 1.17 bits per heavy atom. The lowest BCUT2D eigenvalue weighted by Crippen LogP contribution is -2.33. The summed E-state index contributed by atoms with van der Waals surface area (Å²) in [6.45, 7) is 2.22. The summed E-state index contributed by atoms with van der Waals surface area (Å²) in [5.74, 6) is 0.405. The van der Waals surface area contributed by atoms with E-state index in [9.17, 15) is 5.11 Å². The van der Waals surface area contributed by atoms with E-state index in [1.165, 1.54) is 10.6 Å². The van der Waals surface area contributed by atoms with Crippen molar-refractivity contribution >= 4 is 23.2 Å². The highest BCUT2D eigenvalue weighted by Crippen LogP contribution is 2.57. The lowest BCUT2D eigenvalue weighted by atomic mass is 10.3. The molecule has 0 aromatic heterocycles. The molecule has 3 rings (SSSR count). The van der Waals surface area contributed by atoms with Gasteiger partial charge in [0, 0.05) is 0 Å². The molecule has 0 unspecified atom stereocenters. The van der Waals surface area contributed by atoms with Gasteiger partial charge in [0.05, 0.1) is 6.16 Å². The van der Waals surface area contributed by atoms with Gasteiger partial charge >= 0.3 is 0 Å². The molecule has 0 bridgehead atoms. The lowest BCUT2D eigenvalue weighted by Gasteiger charge is -2.27. The van der Waals surface area contributed by atoms with Gasteiger partial charge < -0.3 is 5.11 Å². The number of aromatic hydroxyl groups is 1. The Balaban J connectivity index is 2.34. The summed E-state index contributed by atoms with van der Waals surface area (Å²) in [7, 11) is -1.84. The highest BCUT2D eigenvalue weighted by Gasteiger charge is 2.46. The number of hydrogen-bond donors (Lipinski definition) is 1. The largest absolute Gasteiger partial charge is 0.504 e. The Kier molecular flexibility index (Phi) is 4.79. The van der Waals surface area contributed by atoms with E-state index in [0.717, 1.165) is 17.9 Å². The maximum absolute atomic E-state index is 10.6. The van der Waals surface area contributed by atoms with E-state index in [4.69, 9.17) is 0 Å². The predicted molar refractivity (Wildman–Crippen MR) is 102 cm³/mol. The fourth-order valence-electron chi connectivity index (χ4n) is 3.29. The van der Waals surface area contributed by atoms with Gasteiger partial charge in [0.1, 0.15) is 23.2 Å². The topological polar surface area (TPSA) is 20.2 Å². The van der Waals surface area contributed by atoms with Gasteiger partial charge in [-0.25, -0.2) is 0 Å². The summed E-state index contributed by atoms with van der Waals surface area (Å²) in [6.07, 6.45) is 2.13. The normalized spacial score (nSPS) is 11.3. The van der Waals surface area contributed by atoms with E-state index < -0.39 is 7.26 Å². The average Bonchev–Trinajstić information content (AvgIpc) is 2.62. The molecular formula is C21H22OP+. The van der Waals surface area contributed by atoms with E-state index in [2.05, 4.69) is 73.7 Å². The van der Waals surface area contributed by atoms with Crippen molar-refractivity contribution < 1.29 is 5.11 Å². The lowest BCUT2D eigenvalue weighted by molar-refractivity contribution is 0.479. The summed E-state index contributed by atoms with van der Waals surface area (Å²) in [5, 5.41) is 14.4. The van der Waals surface area contributed by atoms with Crippen molar-refractivity contribution in [3.8, 4) is 5.75 Å². The molecule has 3 aromatic carbocycles. The van der Waals surface area contributed by atoms with E-state index in [1.54, 1.807) is 0 Å². The van der Waals surface area contributed by atoms with Crippen LogP contribution in [0.15, 0.2) is 84.9 Å². The zero-order valence-electron chi connectivity index (χ0n) is 13.4. The van der Waals surface area contributed by atoms with Gasteiger partial charge in [-0.15, -0.1) is 0 Å². The van der Waals surface area contributed by atoms with Crippen molar-refractivity contribution in [1.29, 1.82) is 0 Å². The molecule has 0 amide bonds. The monoisotopic (exact) mass is 321 g/mol. The Hall–Kier alpha value is -2.11. The second kappa shape index (κ2) is 6.98. The zero-order chi connectivity index (χ0) is 16.1. The molecule has 0 atom stereocenters. The number of phenols is 1. The van der Waals surface area contributed by atoms with Crippen LogP contribution >= 0.6 is 7.26 Å². The Morgan fingerprint density at radius 1 is 0.696 bits per heavy atom. The van der Waals surface area contributed by atoms with Crippen LogP contribution in [0.3, 0.4) is 0 Å². The first kappa shape index (κ1) is 15.8. The predicted octanol–water partition coefficient (Wildman–Crippen LogP) is 4.10. The van der Waals surface area contributed by atoms with Gasteiger partial charge in [-0.2, -0.15) is 0 Å². The molecule has 23 heavy (non-hydrogen) atoms. The summed E-state index contributed by atoms with van der Waals surface area (Å²) in [5.41, 5.74) is 0. The zero-order valence-corrected chi connectivity index (χ0v) is 14.3. The van der Waals surface area contributed by atoms with Crippen LogP contribution in [0.4, 0.5) is 0 Å². The second-order valence-corrected chi connectivity index (χ2v) is 9.27. The molecule has 0 saturated carbocycles. The maximum Gasteiger partial charge on any atom is 0.158 e. The van der Waals surface area contributed by atoms with Crippen molar-refractivity contribution in [2.45, 2.75) is 13.3 Å². The third kappa shape index (κ3) is 2.90. The van der Waals surface area contributed by atoms with Gasteiger partial charge in [0.2, 0.25) is 0 Å². The highest BCUT2D eigenvalue weighted by molar-refractivity contribution is 7.95. The molecule has 0 spiro atoms. The number of benzene rings is 3. The van der Waals surface area contributed by atoms with E-state index >= 15 is 0 Å². The first-order chi connectivity index (χ1) is 11.3. The quantitative estimate of drug-likeness (QED) is 0.702. The molecule has 116 valence electrons. The Bertz CT molecular complexity index is 714. The van der Waals surface area contributed by atoms with Gasteiger partial charge in [-0.05, 0) is 42.8 Å². The van der Waals surface area contributed by atoms with E-state index in [-0.39, 0.29) is 0 Å².